The second-order valence-electron chi connectivity index (χ2n) is 25.8. The zero-order valence-electron chi connectivity index (χ0n) is 57.3. The van der Waals surface area contributed by atoms with Crippen LogP contribution >= 0.6 is 0 Å². The van der Waals surface area contributed by atoms with Gasteiger partial charge in [-0.25, -0.2) is 0 Å². The van der Waals surface area contributed by atoms with Gasteiger partial charge in [-0.15, -0.1) is 0 Å². The van der Waals surface area contributed by atoms with Crippen LogP contribution in [0.2, 0.25) is 0 Å². The number of aryl methyl sites for hydroxylation is 1. The molecule has 0 bridgehead atoms. The summed E-state index contributed by atoms with van der Waals surface area (Å²) in [7, 11) is 8.04. The Morgan fingerprint density at radius 2 is 0.549 bits per heavy atom. The van der Waals surface area contributed by atoms with Gasteiger partial charge in [-0.3, -0.25) is 0 Å². The smallest absolute Gasteiger partial charge is 0.161 e. The van der Waals surface area contributed by atoms with Gasteiger partial charge >= 0.3 is 0 Å². The Morgan fingerprint density at radius 1 is 0.255 bits per heavy atom. The summed E-state index contributed by atoms with van der Waals surface area (Å²) in [6.07, 6.45) is 0. The van der Waals surface area contributed by atoms with Crippen LogP contribution in [-0.4, -0.2) is 40.7 Å². The highest BCUT2D eigenvalue weighted by molar-refractivity contribution is 5.88. The predicted molar refractivity (Wildman–Crippen MR) is 404 cm³/mol. The molecule has 0 amide bonds. The lowest BCUT2D eigenvalue weighted by atomic mass is 9.68. The molecule has 9 heteroatoms. The molecule has 0 spiro atoms. The Hall–Kier alpha value is -12.6. The molecule has 0 saturated carbocycles. The van der Waals surface area contributed by atoms with Crippen molar-refractivity contribution in [3.63, 3.8) is 0 Å². The molecule has 0 heterocycles. The molecule has 14 aromatic carbocycles. The highest BCUT2D eigenvalue weighted by Gasteiger charge is 2.48. The first kappa shape index (κ1) is 64.1. The summed E-state index contributed by atoms with van der Waals surface area (Å²) in [5, 5.41) is 13.9. The van der Waals surface area contributed by atoms with Crippen LogP contribution < -0.4 is 37.9 Å². The minimum Gasteiger partial charge on any atom is -0.497 e. The van der Waals surface area contributed by atoms with Crippen molar-refractivity contribution in [2.24, 2.45) is 0 Å². The highest BCUT2D eigenvalue weighted by atomic mass is 16.5. The number of hydrogen-bond donors (Lipinski definition) is 1. The molecule has 498 valence electrons. The van der Waals surface area contributed by atoms with E-state index in [-0.39, 0.29) is 0 Å². The lowest BCUT2D eigenvalue weighted by Gasteiger charge is -2.34. The third kappa shape index (κ3) is 10.9. The van der Waals surface area contributed by atoms with E-state index in [1.54, 1.807) is 59.8 Å². The molecule has 14 aromatic rings. The Bertz CT molecular complexity index is 5250. The van der Waals surface area contributed by atoms with E-state index in [0.717, 1.165) is 61.8 Å². The standard InChI is InChI=1S/C93H72O9/c1-60-23-25-63(26-24-60)64-31-54-86(85(57-64)93(94,69-40-55-87(96-3)89(58-69)98-5)70-41-56-88(97-4)90(59-70)99-6)102-76-52-38-68(39-53-76)92(83-21-13-9-17-79(83)80-18-10-14-22-84(80)92)67-36-50-75(51-37-67)101-73-44-29-62(30-45-73)61-27-42-72(43-28-61)100-74-48-34-66(35-49-74)91(65-32-46-71(95-2)47-33-65)81-19-11-7-15-77(81)78-16-8-12-20-82(78)91/h7-59,94H,1-6H3. The van der Waals surface area contributed by atoms with Gasteiger partial charge in [0.25, 0.3) is 0 Å². The summed E-state index contributed by atoms with van der Waals surface area (Å²) < 4.78 is 49.0. The van der Waals surface area contributed by atoms with Crippen molar-refractivity contribution in [1.29, 1.82) is 0 Å². The Morgan fingerprint density at radius 3 is 0.902 bits per heavy atom. The van der Waals surface area contributed by atoms with Crippen LogP contribution in [0.5, 0.6) is 63.2 Å². The molecular formula is C93H72O9. The first-order chi connectivity index (χ1) is 50.0. The minimum atomic E-state index is -1.86. The predicted octanol–water partition coefficient (Wildman–Crippen LogP) is 21.8. The molecule has 2 aliphatic rings. The highest BCUT2D eigenvalue weighted by Crippen LogP contribution is 2.59. The van der Waals surface area contributed by atoms with Gasteiger partial charge in [-0.2, -0.15) is 0 Å². The molecule has 0 aromatic heterocycles. The number of rotatable bonds is 20. The van der Waals surface area contributed by atoms with Crippen LogP contribution in [-0.2, 0) is 16.4 Å². The topological polar surface area (TPSA) is 94.1 Å². The normalized spacial score (nSPS) is 12.8. The van der Waals surface area contributed by atoms with Crippen molar-refractivity contribution in [2.75, 3.05) is 35.5 Å². The second-order valence-corrected chi connectivity index (χ2v) is 25.8. The largest absolute Gasteiger partial charge is 0.497 e. The fraction of sp³-hybridized carbons (Fsp3) is 0.0968. The average Bonchev–Trinajstić information content (AvgIpc) is 1.53. The molecule has 9 nitrogen and oxygen atoms in total. The minimum absolute atomic E-state index is 0.430. The number of methoxy groups -OCH3 is 5. The van der Waals surface area contributed by atoms with Gasteiger partial charge in [-0.1, -0.05) is 218 Å². The maximum Gasteiger partial charge on any atom is 0.161 e. The molecule has 102 heavy (non-hydrogen) atoms. The lowest BCUT2D eigenvalue weighted by molar-refractivity contribution is 0.122. The van der Waals surface area contributed by atoms with Crippen molar-refractivity contribution in [1.82, 2.24) is 0 Å². The second kappa shape index (κ2) is 26.6. The molecule has 0 radical (unpaired) electrons. The fourth-order valence-corrected chi connectivity index (χ4v) is 15.5. The molecule has 1 N–H and O–H groups in total. The molecule has 0 atom stereocenters. The Kier molecular flexibility index (Phi) is 16.7. The van der Waals surface area contributed by atoms with Gasteiger partial charge < -0.3 is 43.0 Å². The van der Waals surface area contributed by atoms with Crippen molar-refractivity contribution in [2.45, 2.75) is 23.4 Å². The van der Waals surface area contributed by atoms with E-state index >= 15 is 0 Å². The number of hydrogen-bond acceptors (Lipinski definition) is 9. The molecule has 0 saturated heterocycles. The molecule has 16 rings (SSSR count). The maximum atomic E-state index is 13.9. The van der Waals surface area contributed by atoms with Crippen LogP contribution in [0.3, 0.4) is 0 Å². The summed E-state index contributed by atoms with van der Waals surface area (Å²) in [6, 6.07) is 110. The Labute approximate surface area is 594 Å². The van der Waals surface area contributed by atoms with Crippen LogP contribution in [0.25, 0.3) is 44.5 Å². The van der Waals surface area contributed by atoms with Crippen LogP contribution in [0.15, 0.2) is 322 Å². The van der Waals surface area contributed by atoms with Gasteiger partial charge in [-0.05, 0) is 216 Å². The molecule has 0 unspecified atom stereocenters. The fourth-order valence-electron chi connectivity index (χ4n) is 15.5. The van der Waals surface area contributed by atoms with E-state index in [4.69, 9.17) is 37.9 Å². The zero-order valence-corrected chi connectivity index (χ0v) is 57.3. The molecule has 0 aliphatic heterocycles. The molecular weight excluding hydrogens is 1260 g/mol. The summed E-state index contributed by atoms with van der Waals surface area (Å²) >= 11 is 0. The third-order valence-corrected chi connectivity index (χ3v) is 20.4. The maximum absolute atomic E-state index is 13.9. The number of aliphatic hydroxyl groups is 1. The quantitative estimate of drug-likeness (QED) is 0.0749. The van der Waals surface area contributed by atoms with Gasteiger partial charge in [0, 0.05) is 5.56 Å². The van der Waals surface area contributed by atoms with Crippen molar-refractivity contribution < 1.29 is 43.0 Å². The van der Waals surface area contributed by atoms with Gasteiger partial charge in [0.15, 0.2) is 23.0 Å². The summed E-state index contributed by atoms with van der Waals surface area (Å²) in [4.78, 5) is 0. The first-order valence-corrected chi connectivity index (χ1v) is 34.0. The summed E-state index contributed by atoms with van der Waals surface area (Å²) in [5.74, 6) is 6.65. The van der Waals surface area contributed by atoms with Gasteiger partial charge in [0.2, 0.25) is 0 Å². The van der Waals surface area contributed by atoms with Crippen molar-refractivity contribution in [3.8, 4) is 108 Å². The van der Waals surface area contributed by atoms with E-state index in [9.17, 15) is 5.11 Å². The van der Waals surface area contributed by atoms with Crippen LogP contribution in [0, 0.1) is 6.92 Å². The lowest BCUT2D eigenvalue weighted by Crippen LogP contribution is -2.30. The molecule has 0 fully saturated rings. The number of benzene rings is 14. The zero-order chi connectivity index (χ0) is 69.5. The van der Waals surface area contributed by atoms with Crippen molar-refractivity contribution >= 4 is 0 Å². The first-order valence-electron chi connectivity index (χ1n) is 34.0. The molecule has 2 aliphatic carbocycles. The van der Waals surface area contributed by atoms with E-state index in [2.05, 4.69) is 225 Å². The Balaban J connectivity index is 0.673. The van der Waals surface area contributed by atoms with E-state index in [1.165, 1.54) is 50.1 Å². The van der Waals surface area contributed by atoms with Crippen LogP contribution in [0.1, 0.15) is 66.8 Å². The van der Waals surface area contributed by atoms with E-state index in [1.807, 2.05) is 78.9 Å². The van der Waals surface area contributed by atoms with Gasteiger partial charge in [0.1, 0.15) is 45.8 Å². The SMILES string of the molecule is COc1ccc(C2(c3ccc(Oc4ccc(-c5ccc(Oc6ccc(C7(c8ccc(Oc9ccc(-c%10ccc(C)cc%10)cc9C(O)(c9ccc(OC)c(OC)c9)c9ccc(OC)c(OC)c9)cc8)c8ccccc8-c8ccccc87)cc6)cc5)cc4)cc3)c3ccccc3-c3ccccc32)cc1. The summed E-state index contributed by atoms with van der Waals surface area (Å²) in [5.41, 5.74) is 17.5. The van der Waals surface area contributed by atoms with E-state index < -0.39 is 16.4 Å². The summed E-state index contributed by atoms with van der Waals surface area (Å²) in [6.45, 7) is 2.07. The van der Waals surface area contributed by atoms with Gasteiger partial charge in [0.05, 0.1) is 46.4 Å². The monoisotopic (exact) mass is 1330 g/mol. The third-order valence-electron chi connectivity index (χ3n) is 20.4. The number of fused-ring (bicyclic) bond motifs is 6. The number of ether oxygens (including phenoxy) is 8. The van der Waals surface area contributed by atoms with Crippen molar-refractivity contribution in [3.05, 3.63) is 388 Å². The van der Waals surface area contributed by atoms with Crippen LogP contribution in [0.4, 0.5) is 0 Å². The average molecular weight is 1330 g/mol. The van der Waals surface area contributed by atoms with E-state index in [0.29, 0.717) is 62.7 Å².